The van der Waals surface area contributed by atoms with Gasteiger partial charge in [0.05, 0.1) is 0 Å². The minimum Gasteiger partial charge on any atom is -0.365 e. The minimum atomic E-state index is -0.802. The summed E-state index contributed by atoms with van der Waals surface area (Å²) in [5, 5.41) is 3.00. The zero-order valence-corrected chi connectivity index (χ0v) is 10.2. The maximum atomic E-state index is 13.6. The van der Waals surface area contributed by atoms with Crippen molar-refractivity contribution in [1.29, 1.82) is 0 Å². The van der Waals surface area contributed by atoms with Crippen LogP contribution in [0.3, 0.4) is 0 Å². The molecular formula is C11H17F2N5. The zero-order valence-electron chi connectivity index (χ0n) is 10.2. The highest BCUT2D eigenvalue weighted by Crippen LogP contribution is 2.21. The summed E-state index contributed by atoms with van der Waals surface area (Å²) in [7, 11) is 2.05. The Morgan fingerprint density at radius 1 is 1.28 bits per heavy atom. The van der Waals surface area contributed by atoms with Gasteiger partial charge in [0.1, 0.15) is 0 Å². The zero-order chi connectivity index (χ0) is 13.1. The molecule has 1 aromatic rings. The first-order valence-electron chi connectivity index (χ1n) is 5.88. The number of nitrogens with zero attached hydrogens (tertiary/aromatic N) is 2. The Kier molecular flexibility index (Phi) is 3.93. The van der Waals surface area contributed by atoms with Crippen molar-refractivity contribution in [3.63, 3.8) is 0 Å². The molecule has 1 saturated heterocycles. The fourth-order valence-corrected chi connectivity index (χ4v) is 2.02. The van der Waals surface area contributed by atoms with E-state index in [0.29, 0.717) is 0 Å². The molecule has 1 aromatic heterocycles. The SMILES string of the molecule is CN1CCC(Nc2nc(NN)c(F)cc2F)CC1. The van der Waals surface area contributed by atoms with Crippen LogP contribution in [0.1, 0.15) is 12.8 Å². The van der Waals surface area contributed by atoms with E-state index in [2.05, 4.69) is 20.6 Å². The van der Waals surface area contributed by atoms with E-state index in [1.807, 2.05) is 7.05 Å². The maximum absolute atomic E-state index is 13.6. The highest BCUT2D eigenvalue weighted by molar-refractivity contribution is 5.47. The van der Waals surface area contributed by atoms with Crippen molar-refractivity contribution in [2.75, 3.05) is 30.9 Å². The first kappa shape index (κ1) is 13.0. The molecule has 0 atom stereocenters. The molecule has 0 saturated carbocycles. The third-order valence-electron chi connectivity index (χ3n) is 3.13. The van der Waals surface area contributed by atoms with Crippen LogP contribution in [0, 0.1) is 11.6 Å². The van der Waals surface area contributed by atoms with E-state index in [-0.39, 0.29) is 17.7 Å². The number of likely N-dealkylation sites (tertiary alicyclic amines) is 1. The number of nitrogens with one attached hydrogen (secondary N) is 2. The fraction of sp³-hybridized carbons (Fsp3) is 0.545. The molecule has 7 heteroatoms. The summed E-state index contributed by atoms with van der Waals surface area (Å²) >= 11 is 0. The lowest BCUT2D eigenvalue weighted by atomic mass is 10.1. The van der Waals surface area contributed by atoms with E-state index in [4.69, 9.17) is 5.84 Å². The van der Waals surface area contributed by atoms with Crippen LogP contribution in [0.5, 0.6) is 0 Å². The van der Waals surface area contributed by atoms with E-state index in [1.54, 1.807) is 0 Å². The number of anilines is 2. The van der Waals surface area contributed by atoms with Crippen molar-refractivity contribution in [1.82, 2.24) is 9.88 Å². The van der Waals surface area contributed by atoms with Gasteiger partial charge in [0.15, 0.2) is 23.3 Å². The van der Waals surface area contributed by atoms with Crippen LogP contribution in [0.25, 0.3) is 0 Å². The summed E-state index contributed by atoms with van der Waals surface area (Å²) in [4.78, 5) is 6.00. The number of aromatic nitrogens is 1. The molecule has 1 fully saturated rings. The largest absolute Gasteiger partial charge is 0.365 e. The second-order valence-electron chi connectivity index (χ2n) is 4.52. The van der Waals surface area contributed by atoms with Gasteiger partial charge in [-0.2, -0.15) is 0 Å². The summed E-state index contributed by atoms with van der Waals surface area (Å²) in [5.74, 6) is 3.49. The molecular weight excluding hydrogens is 240 g/mol. The Bertz CT molecular complexity index is 418. The lowest BCUT2D eigenvalue weighted by molar-refractivity contribution is 0.263. The van der Waals surface area contributed by atoms with Crippen LogP contribution in [-0.4, -0.2) is 36.1 Å². The quantitative estimate of drug-likeness (QED) is 0.560. The second-order valence-corrected chi connectivity index (χ2v) is 4.52. The molecule has 4 N–H and O–H groups in total. The Balaban J connectivity index is 2.09. The van der Waals surface area contributed by atoms with Gasteiger partial charge in [0.2, 0.25) is 0 Å². The number of hydrazine groups is 1. The van der Waals surface area contributed by atoms with E-state index >= 15 is 0 Å². The van der Waals surface area contributed by atoms with Crippen molar-refractivity contribution in [2.24, 2.45) is 5.84 Å². The molecule has 2 rings (SSSR count). The molecule has 0 radical (unpaired) electrons. The van der Waals surface area contributed by atoms with Crippen molar-refractivity contribution < 1.29 is 8.78 Å². The van der Waals surface area contributed by atoms with Crippen molar-refractivity contribution in [3.8, 4) is 0 Å². The maximum Gasteiger partial charge on any atom is 0.178 e. The average Bonchev–Trinajstić information content (AvgIpc) is 2.35. The highest BCUT2D eigenvalue weighted by atomic mass is 19.1. The van der Waals surface area contributed by atoms with Crippen LogP contribution >= 0.6 is 0 Å². The van der Waals surface area contributed by atoms with E-state index < -0.39 is 11.6 Å². The Morgan fingerprint density at radius 2 is 1.89 bits per heavy atom. The smallest absolute Gasteiger partial charge is 0.178 e. The third-order valence-corrected chi connectivity index (χ3v) is 3.13. The molecule has 0 unspecified atom stereocenters. The van der Waals surface area contributed by atoms with Gasteiger partial charge in [0.25, 0.3) is 0 Å². The van der Waals surface area contributed by atoms with Gasteiger partial charge in [-0.25, -0.2) is 19.6 Å². The van der Waals surface area contributed by atoms with Gasteiger partial charge < -0.3 is 15.6 Å². The Hall–Kier alpha value is -1.47. The molecule has 0 bridgehead atoms. The Morgan fingerprint density at radius 3 is 2.50 bits per heavy atom. The number of pyridine rings is 1. The molecule has 100 valence electrons. The van der Waals surface area contributed by atoms with Crippen molar-refractivity contribution in [3.05, 3.63) is 17.7 Å². The van der Waals surface area contributed by atoms with Crippen molar-refractivity contribution >= 4 is 11.6 Å². The van der Waals surface area contributed by atoms with E-state index in [0.717, 1.165) is 32.0 Å². The molecule has 18 heavy (non-hydrogen) atoms. The highest BCUT2D eigenvalue weighted by Gasteiger charge is 2.19. The summed E-state index contributed by atoms with van der Waals surface area (Å²) in [6.07, 6.45) is 1.81. The minimum absolute atomic E-state index is 0.0407. The van der Waals surface area contributed by atoms with Crippen LogP contribution in [-0.2, 0) is 0 Å². The molecule has 1 aliphatic rings. The predicted octanol–water partition coefficient (Wildman–Crippen LogP) is 1.15. The first-order valence-corrected chi connectivity index (χ1v) is 5.88. The summed E-state index contributed by atoms with van der Waals surface area (Å²) < 4.78 is 26.7. The van der Waals surface area contributed by atoms with Gasteiger partial charge in [-0.05, 0) is 33.0 Å². The lowest BCUT2D eigenvalue weighted by Crippen LogP contribution is -2.37. The number of nitrogen functional groups attached to an aromatic ring is 1. The second kappa shape index (κ2) is 5.45. The normalized spacial score (nSPS) is 17.8. The molecule has 0 spiro atoms. The molecule has 0 amide bonds. The number of hydrogen-bond acceptors (Lipinski definition) is 5. The molecule has 0 aromatic carbocycles. The van der Waals surface area contributed by atoms with Crippen LogP contribution in [0.2, 0.25) is 0 Å². The van der Waals surface area contributed by atoms with Gasteiger partial charge in [-0.15, -0.1) is 0 Å². The van der Waals surface area contributed by atoms with E-state index in [9.17, 15) is 8.78 Å². The number of halogens is 2. The predicted molar refractivity (Wildman–Crippen MR) is 66.1 cm³/mol. The van der Waals surface area contributed by atoms with Crippen molar-refractivity contribution in [2.45, 2.75) is 18.9 Å². The summed E-state index contributed by atoms with van der Waals surface area (Å²) in [6.45, 7) is 1.89. The standard InChI is InChI=1S/C11H17F2N5/c1-18-4-2-7(3-5-18)15-10-8(12)6-9(13)11(16-10)17-14/h6-7H,2-5,14H2,1H3,(H2,15,16,17). The first-order chi connectivity index (χ1) is 8.60. The summed E-state index contributed by atoms with van der Waals surface area (Å²) in [6, 6.07) is 0.929. The Labute approximate surface area is 104 Å². The van der Waals surface area contributed by atoms with E-state index in [1.165, 1.54) is 0 Å². The fourth-order valence-electron chi connectivity index (χ4n) is 2.02. The monoisotopic (exact) mass is 257 g/mol. The average molecular weight is 257 g/mol. The third kappa shape index (κ3) is 2.85. The van der Waals surface area contributed by atoms with Gasteiger partial charge in [-0.3, -0.25) is 0 Å². The van der Waals surface area contributed by atoms with Gasteiger partial charge in [-0.1, -0.05) is 0 Å². The summed E-state index contributed by atoms with van der Waals surface area (Å²) in [5.41, 5.74) is 2.11. The molecule has 5 nitrogen and oxygen atoms in total. The van der Waals surface area contributed by atoms with Crippen LogP contribution in [0.15, 0.2) is 6.07 Å². The number of hydrogen-bond donors (Lipinski definition) is 3. The van der Waals surface area contributed by atoms with Crippen LogP contribution < -0.4 is 16.6 Å². The number of rotatable bonds is 3. The van der Waals surface area contributed by atoms with Gasteiger partial charge in [0, 0.05) is 12.1 Å². The number of piperidine rings is 1. The number of nitrogens with two attached hydrogens (primary N) is 1. The van der Waals surface area contributed by atoms with Crippen LogP contribution in [0.4, 0.5) is 20.4 Å². The molecule has 2 heterocycles. The van der Waals surface area contributed by atoms with Gasteiger partial charge >= 0.3 is 0 Å². The molecule has 1 aliphatic heterocycles. The molecule has 0 aliphatic carbocycles. The lowest BCUT2D eigenvalue weighted by Gasteiger charge is -2.29. The topological polar surface area (TPSA) is 66.2 Å².